The van der Waals surface area contributed by atoms with Crippen LogP contribution in [0.25, 0.3) is 0 Å². The molecule has 0 amide bonds. The van der Waals surface area contributed by atoms with E-state index in [-0.39, 0.29) is 17.9 Å². The summed E-state index contributed by atoms with van der Waals surface area (Å²) in [5, 5.41) is 3.18. The van der Waals surface area contributed by atoms with E-state index in [2.05, 4.69) is 10.1 Å². The maximum atomic E-state index is 13.6. The predicted molar refractivity (Wildman–Crippen MR) is 57.5 cm³/mol. The molecule has 2 aliphatic heterocycles. The van der Waals surface area contributed by atoms with Gasteiger partial charge >= 0.3 is 6.36 Å². The van der Waals surface area contributed by atoms with E-state index in [9.17, 15) is 17.6 Å². The Hall–Kier alpha value is -1.50. The topological polar surface area (TPSA) is 30.5 Å². The highest BCUT2D eigenvalue weighted by molar-refractivity contribution is 5.47. The van der Waals surface area contributed by atoms with Gasteiger partial charge in [-0.15, -0.1) is 13.2 Å². The number of ether oxygens (including phenoxy) is 2. The first-order chi connectivity index (χ1) is 8.94. The van der Waals surface area contributed by atoms with Crippen LogP contribution in [0, 0.1) is 5.82 Å². The number of halogens is 4. The largest absolute Gasteiger partial charge is 0.573 e. The third kappa shape index (κ3) is 2.34. The number of piperidine rings is 1. The fourth-order valence-electron chi connectivity index (χ4n) is 2.56. The molecule has 1 aromatic carbocycles. The number of alkyl halides is 3. The summed E-state index contributed by atoms with van der Waals surface area (Å²) in [4.78, 5) is 0. The second kappa shape index (κ2) is 4.26. The van der Waals surface area contributed by atoms with Crippen molar-refractivity contribution in [2.75, 3.05) is 6.54 Å². The molecule has 3 rings (SSSR count). The minimum atomic E-state index is -4.92. The summed E-state index contributed by atoms with van der Waals surface area (Å²) in [7, 11) is 0. The lowest BCUT2D eigenvalue weighted by atomic mass is 9.97. The zero-order chi connectivity index (χ0) is 13.6. The van der Waals surface area contributed by atoms with Gasteiger partial charge in [0, 0.05) is 11.6 Å². The van der Waals surface area contributed by atoms with Crippen molar-refractivity contribution in [3.63, 3.8) is 0 Å². The molecule has 1 N–H and O–H groups in total. The van der Waals surface area contributed by atoms with Crippen LogP contribution in [-0.2, 0) is 0 Å². The molecule has 0 aliphatic carbocycles. The fourth-order valence-corrected chi connectivity index (χ4v) is 2.56. The second-order valence-corrected chi connectivity index (χ2v) is 4.60. The van der Waals surface area contributed by atoms with Crippen LogP contribution < -0.4 is 14.8 Å². The summed E-state index contributed by atoms with van der Waals surface area (Å²) in [6.45, 7) is 0.784. The molecule has 2 aliphatic rings. The van der Waals surface area contributed by atoms with E-state index in [4.69, 9.17) is 4.74 Å². The summed E-state index contributed by atoms with van der Waals surface area (Å²) in [5.41, 5.74) is 0.553. The molecule has 2 atom stereocenters. The summed E-state index contributed by atoms with van der Waals surface area (Å²) in [6, 6.07) is 1.87. The molecule has 3 nitrogen and oxygen atoms in total. The SMILES string of the molecule is Fc1cc2c(cc1OC(F)(F)F)OC1CCCN[C@@H]21. The van der Waals surface area contributed by atoms with Gasteiger partial charge in [-0.3, -0.25) is 0 Å². The zero-order valence-corrected chi connectivity index (χ0v) is 9.76. The lowest BCUT2D eigenvalue weighted by molar-refractivity contribution is -0.275. The van der Waals surface area contributed by atoms with Crippen LogP contribution in [0.3, 0.4) is 0 Å². The van der Waals surface area contributed by atoms with Crippen molar-refractivity contribution >= 4 is 0 Å². The van der Waals surface area contributed by atoms with Crippen LogP contribution in [0.1, 0.15) is 24.4 Å². The van der Waals surface area contributed by atoms with Crippen molar-refractivity contribution in [2.24, 2.45) is 0 Å². The van der Waals surface area contributed by atoms with Gasteiger partial charge in [0.1, 0.15) is 11.9 Å². The summed E-state index contributed by atoms with van der Waals surface area (Å²) >= 11 is 0. The maximum Gasteiger partial charge on any atom is 0.573 e. The molecule has 0 radical (unpaired) electrons. The highest BCUT2D eigenvalue weighted by Gasteiger charge is 2.39. The van der Waals surface area contributed by atoms with E-state index >= 15 is 0 Å². The number of hydrogen-bond donors (Lipinski definition) is 1. The first-order valence-electron chi connectivity index (χ1n) is 5.93. The molecule has 1 fully saturated rings. The molecule has 1 aromatic rings. The zero-order valence-electron chi connectivity index (χ0n) is 9.76. The van der Waals surface area contributed by atoms with Gasteiger partial charge in [-0.05, 0) is 25.5 Å². The fraction of sp³-hybridized carbons (Fsp3) is 0.500. The summed E-state index contributed by atoms with van der Waals surface area (Å²) in [6.07, 6.45) is -3.35. The third-order valence-corrected chi connectivity index (χ3v) is 3.30. The van der Waals surface area contributed by atoms with Gasteiger partial charge in [-0.2, -0.15) is 0 Å². The number of benzene rings is 1. The average Bonchev–Trinajstić information content (AvgIpc) is 2.66. The van der Waals surface area contributed by atoms with Crippen molar-refractivity contribution < 1.29 is 27.0 Å². The highest BCUT2D eigenvalue weighted by Crippen LogP contribution is 2.43. The van der Waals surface area contributed by atoms with Crippen LogP contribution >= 0.6 is 0 Å². The minimum absolute atomic E-state index is 0.149. The molecule has 1 unspecified atom stereocenters. The Bertz CT molecular complexity index is 503. The Labute approximate surface area is 106 Å². The first kappa shape index (κ1) is 12.5. The number of nitrogens with one attached hydrogen (secondary N) is 1. The molecule has 7 heteroatoms. The lowest BCUT2D eigenvalue weighted by Crippen LogP contribution is -2.36. The van der Waals surface area contributed by atoms with Gasteiger partial charge < -0.3 is 14.8 Å². The van der Waals surface area contributed by atoms with E-state index in [1.807, 2.05) is 0 Å². The molecule has 1 saturated heterocycles. The molecule has 0 saturated carbocycles. The minimum Gasteiger partial charge on any atom is -0.488 e. The monoisotopic (exact) mass is 277 g/mol. The van der Waals surface area contributed by atoms with E-state index in [0.29, 0.717) is 5.56 Å². The molecular formula is C12H11F4NO2. The van der Waals surface area contributed by atoms with E-state index in [0.717, 1.165) is 31.5 Å². The van der Waals surface area contributed by atoms with Crippen molar-refractivity contribution in [1.82, 2.24) is 5.32 Å². The van der Waals surface area contributed by atoms with Crippen molar-refractivity contribution in [2.45, 2.75) is 31.3 Å². The number of rotatable bonds is 1. The Morgan fingerprint density at radius 1 is 1.32 bits per heavy atom. The van der Waals surface area contributed by atoms with Crippen LogP contribution in [-0.4, -0.2) is 19.0 Å². The quantitative estimate of drug-likeness (QED) is 0.801. The van der Waals surface area contributed by atoms with E-state index in [1.54, 1.807) is 0 Å². The van der Waals surface area contributed by atoms with Crippen molar-refractivity contribution in [3.05, 3.63) is 23.5 Å². The third-order valence-electron chi connectivity index (χ3n) is 3.30. The van der Waals surface area contributed by atoms with Gasteiger partial charge in [-0.25, -0.2) is 4.39 Å². The van der Waals surface area contributed by atoms with Crippen LogP contribution in [0.5, 0.6) is 11.5 Å². The van der Waals surface area contributed by atoms with Gasteiger partial charge in [0.25, 0.3) is 0 Å². The Balaban J connectivity index is 1.93. The normalized spacial score (nSPS) is 25.5. The standard InChI is InChI=1S/C12H11F4NO2/c13-7-4-6-9(5-10(7)19-12(14,15)16)18-8-2-1-3-17-11(6)8/h4-5,8,11,17H,1-3H2/t8?,11-/m0/s1. The lowest BCUT2D eigenvalue weighted by Gasteiger charge is -2.25. The molecule has 0 bridgehead atoms. The van der Waals surface area contributed by atoms with Crippen molar-refractivity contribution in [1.29, 1.82) is 0 Å². The predicted octanol–water partition coefficient (Wildman–Crippen LogP) is 2.91. The van der Waals surface area contributed by atoms with Crippen LogP contribution in [0.15, 0.2) is 12.1 Å². The van der Waals surface area contributed by atoms with Crippen LogP contribution in [0.4, 0.5) is 17.6 Å². The number of fused-ring (bicyclic) bond motifs is 3. The Morgan fingerprint density at radius 2 is 2.11 bits per heavy atom. The molecule has 19 heavy (non-hydrogen) atoms. The van der Waals surface area contributed by atoms with Crippen LogP contribution in [0.2, 0.25) is 0 Å². The molecule has 0 aromatic heterocycles. The smallest absolute Gasteiger partial charge is 0.488 e. The summed E-state index contributed by atoms with van der Waals surface area (Å²) < 4.78 is 59.2. The van der Waals surface area contributed by atoms with Gasteiger partial charge in [0.2, 0.25) is 0 Å². The van der Waals surface area contributed by atoms with E-state index in [1.165, 1.54) is 0 Å². The summed E-state index contributed by atoms with van der Waals surface area (Å²) in [5.74, 6) is -1.64. The average molecular weight is 277 g/mol. The molecule has 0 spiro atoms. The number of hydrogen-bond acceptors (Lipinski definition) is 3. The first-order valence-corrected chi connectivity index (χ1v) is 5.93. The Morgan fingerprint density at radius 3 is 2.84 bits per heavy atom. The van der Waals surface area contributed by atoms with Gasteiger partial charge in [0.15, 0.2) is 11.6 Å². The maximum absolute atomic E-state index is 13.6. The van der Waals surface area contributed by atoms with Gasteiger partial charge in [-0.1, -0.05) is 0 Å². The molecular weight excluding hydrogens is 266 g/mol. The second-order valence-electron chi connectivity index (χ2n) is 4.60. The molecule has 2 heterocycles. The van der Waals surface area contributed by atoms with E-state index < -0.39 is 17.9 Å². The highest BCUT2D eigenvalue weighted by atomic mass is 19.4. The van der Waals surface area contributed by atoms with Gasteiger partial charge in [0.05, 0.1) is 6.04 Å². The Kier molecular flexibility index (Phi) is 2.81. The van der Waals surface area contributed by atoms with Crippen molar-refractivity contribution in [3.8, 4) is 11.5 Å². The molecule has 104 valence electrons.